The van der Waals surface area contributed by atoms with Gasteiger partial charge in [0.05, 0.1) is 18.2 Å². The van der Waals surface area contributed by atoms with Crippen molar-refractivity contribution in [3.8, 4) is 0 Å². The molecule has 6 nitrogen and oxygen atoms in total. The van der Waals surface area contributed by atoms with Crippen molar-refractivity contribution in [1.29, 1.82) is 0 Å². The highest BCUT2D eigenvalue weighted by Gasteiger charge is 2.56. The van der Waals surface area contributed by atoms with Crippen LogP contribution in [0.15, 0.2) is 23.0 Å². The van der Waals surface area contributed by atoms with Crippen LogP contribution in [0.4, 0.5) is 0 Å². The van der Waals surface area contributed by atoms with Crippen LogP contribution in [-0.4, -0.2) is 53.7 Å². The van der Waals surface area contributed by atoms with E-state index in [1.807, 2.05) is 0 Å². The maximum absolute atomic E-state index is 12.4. The van der Waals surface area contributed by atoms with Crippen molar-refractivity contribution in [3.63, 3.8) is 0 Å². The van der Waals surface area contributed by atoms with Gasteiger partial charge in [-0.3, -0.25) is 14.5 Å². The molecule has 118 valence electrons. The van der Waals surface area contributed by atoms with E-state index in [4.69, 9.17) is 4.74 Å². The standard InChI is InChI=1S/C16H21N3O3/c20-12-5-3-4-11(17-12)16(21)18-13-10-6-9-22-15(10)14(13)19-7-1-2-8-19/h3-5,10,13-15H,1-2,6-9H2,(H,17,20)(H,18,21)/t10-,13+,14-,15-/m1/s1. The molecule has 6 heteroatoms. The van der Waals surface area contributed by atoms with Gasteiger partial charge in [0, 0.05) is 18.6 Å². The quantitative estimate of drug-likeness (QED) is 0.845. The molecule has 0 unspecified atom stereocenters. The van der Waals surface area contributed by atoms with Crippen LogP contribution in [-0.2, 0) is 4.74 Å². The van der Waals surface area contributed by atoms with Crippen molar-refractivity contribution in [3.05, 3.63) is 34.2 Å². The summed E-state index contributed by atoms with van der Waals surface area (Å²) in [6.45, 7) is 2.96. The van der Waals surface area contributed by atoms with Crippen LogP contribution < -0.4 is 10.9 Å². The summed E-state index contributed by atoms with van der Waals surface area (Å²) in [4.78, 5) is 28.8. The lowest BCUT2D eigenvalue weighted by molar-refractivity contribution is -0.0747. The maximum Gasteiger partial charge on any atom is 0.268 e. The minimum absolute atomic E-state index is 0.127. The molecule has 1 aromatic heterocycles. The number of carbonyl (C=O) groups is 1. The number of hydrogen-bond acceptors (Lipinski definition) is 4. The molecular formula is C16H21N3O3. The number of amides is 1. The molecule has 3 aliphatic rings. The molecule has 3 fully saturated rings. The monoisotopic (exact) mass is 303 g/mol. The molecule has 22 heavy (non-hydrogen) atoms. The van der Waals surface area contributed by atoms with Gasteiger partial charge in [0.1, 0.15) is 5.69 Å². The van der Waals surface area contributed by atoms with Crippen molar-refractivity contribution in [2.75, 3.05) is 19.7 Å². The van der Waals surface area contributed by atoms with Gasteiger partial charge in [-0.2, -0.15) is 0 Å². The Kier molecular flexibility index (Phi) is 3.50. The Hall–Kier alpha value is -1.66. The van der Waals surface area contributed by atoms with Gasteiger partial charge in [0.15, 0.2) is 0 Å². The Balaban J connectivity index is 1.50. The van der Waals surface area contributed by atoms with Crippen LogP contribution in [0.25, 0.3) is 0 Å². The lowest BCUT2D eigenvalue weighted by Crippen LogP contribution is -2.70. The summed E-state index contributed by atoms with van der Waals surface area (Å²) < 4.78 is 5.86. The number of rotatable bonds is 3. The first-order chi connectivity index (χ1) is 10.7. The zero-order valence-corrected chi connectivity index (χ0v) is 12.5. The van der Waals surface area contributed by atoms with Gasteiger partial charge in [-0.05, 0) is 38.4 Å². The van der Waals surface area contributed by atoms with Crippen LogP contribution in [0.2, 0.25) is 0 Å². The van der Waals surface area contributed by atoms with E-state index in [0.717, 1.165) is 26.1 Å². The van der Waals surface area contributed by atoms with E-state index in [-0.39, 0.29) is 29.7 Å². The number of pyridine rings is 1. The predicted octanol–water partition coefficient (Wildman–Crippen LogP) is 0.356. The summed E-state index contributed by atoms with van der Waals surface area (Å²) in [5, 5.41) is 3.13. The molecule has 1 aliphatic carbocycles. The summed E-state index contributed by atoms with van der Waals surface area (Å²) in [5.41, 5.74) is 0.0782. The molecular weight excluding hydrogens is 282 g/mol. The molecule has 2 saturated heterocycles. The third kappa shape index (κ3) is 2.27. The minimum Gasteiger partial charge on any atom is -0.376 e. The first-order valence-corrected chi connectivity index (χ1v) is 8.10. The third-order valence-electron chi connectivity index (χ3n) is 5.22. The van der Waals surface area contributed by atoms with Crippen LogP contribution >= 0.6 is 0 Å². The van der Waals surface area contributed by atoms with E-state index in [1.54, 1.807) is 12.1 Å². The van der Waals surface area contributed by atoms with E-state index in [9.17, 15) is 9.59 Å². The number of H-pyrrole nitrogens is 1. The second kappa shape index (κ2) is 5.52. The Morgan fingerprint density at radius 1 is 1.32 bits per heavy atom. The predicted molar refractivity (Wildman–Crippen MR) is 80.8 cm³/mol. The molecule has 2 N–H and O–H groups in total. The first kappa shape index (κ1) is 14.0. The summed E-state index contributed by atoms with van der Waals surface area (Å²) in [6, 6.07) is 5.07. The van der Waals surface area contributed by atoms with E-state index in [1.165, 1.54) is 18.9 Å². The second-order valence-corrected chi connectivity index (χ2v) is 6.45. The molecule has 0 radical (unpaired) electrons. The fourth-order valence-corrected chi connectivity index (χ4v) is 4.15. The summed E-state index contributed by atoms with van der Waals surface area (Å²) >= 11 is 0. The Morgan fingerprint density at radius 3 is 2.91 bits per heavy atom. The van der Waals surface area contributed by atoms with Crippen molar-refractivity contribution >= 4 is 5.91 Å². The van der Waals surface area contributed by atoms with Gasteiger partial charge in [-0.25, -0.2) is 0 Å². The Bertz CT molecular complexity index is 618. The molecule has 4 atom stereocenters. The van der Waals surface area contributed by atoms with E-state index >= 15 is 0 Å². The molecule has 0 bridgehead atoms. The number of aromatic nitrogens is 1. The van der Waals surface area contributed by atoms with Gasteiger partial charge in [0.25, 0.3) is 5.91 Å². The number of nitrogens with one attached hydrogen (secondary N) is 2. The largest absolute Gasteiger partial charge is 0.376 e. The van der Waals surface area contributed by atoms with E-state index < -0.39 is 0 Å². The second-order valence-electron chi connectivity index (χ2n) is 6.45. The van der Waals surface area contributed by atoms with Crippen molar-refractivity contribution < 1.29 is 9.53 Å². The van der Waals surface area contributed by atoms with Gasteiger partial charge in [0.2, 0.25) is 5.56 Å². The average Bonchev–Trinajstić information content (AvgIpc) is 3.15. The van der Waals surface area contributed by atoms with Gasteiger partial charge in [-0.15, -0.1) is 0 Å². The van der Waals surface area contributed by atoms with E-state index in [2.05, 4.69) is 15.2 Å². The highest BCUT2D eigenvalue weighted by atomic mass is 16.5. The van der Waals surface area contributed by atoms with Gasteiger partial charge >= 0.3 is 0 Å². The van der Waals surface area contributed by atoms with Crippen molar-refractivity contribution in [2.45, 2.75) is 37.5 Å². The maximum atomic E-state index is 12.4. The molecule has 1 amide bonds. The fourth-order valence-electron chi connectivity index (χ4n) is 4.15. The van der Waals surface area contributed by atoms with Crippen LogP contribution in [0, 0.1) is 5.92 Å². The number of aromatic amines is 1. The molecule has 1 aromatic rings. The zero-order valence-electron chi connectivity index (χ0n) is 12.5. The fraction of sp³-hybridized carbons (Fsp3) is 0.625. The number of carbonyl (C=O) groups excluding carboxylic acids is 1. The number of nitrogens with zero attached hydrogens (tertiary/aromatic N) is 1. The summed E-state index contributed by atoms with van der Waals surface area (Å²) in [5.74, 6) is 0.210. The lowest BCUT2D eigenvalue weighted by Gasteiger charge is -2.51. The van der Waals surface area contributed by atoms with Gasteiger partial charge < -0.3 is 15.0 Å². The average molecular weight is 303 g/mol. The highest BCUT2D eigenvalue weighted by molar-refractivity contribution is 5.92. The number of fused-ring (bicyclic) bond motifs is 1. The van der Waals surface area contributed by atoms with Crippen LogP contribution in [0.1, 0.15) is 29.8 Å². The van der Waals surface area contributed by atoms with E-state index in [0.29, 0.717) is 11.6 Å². The van der Waals surface area contributed by atoms with Crippen LogP contribution in [0.5, 0.6) is 0 Å². The molecule has 3 heterocycles. The third-order valence-corrected chi connectivity index (χ3v) is 5.22. The SMILES string of the molecule is O=C(N[C@H]1[C@H]2CCO[C@H]2[C@@H]1N1CCCC1)c1cccc(=O)[nH]1. The van der Waals surface area contributed by atoms with Gasteiger partial charge in [-0.1, -0.05) is 6.07 Å². The normalized spacial score (nSPS) is 34.2. The zero-order chi connectivity index (χ0) is 15.1. The molecule has 1 saturated carbocycles. The molecule has 0 spiro atoms. The topological polar surface area (TPSA) is 74.4 Å². The van der Waals surface area contributed by atoms with Crippen molar-refractivity contribution in [2.24, 2.45) is 5.92 Å². The Labute approximate surface area is 128 Å². The highest BCUT2D eigenvalue weighted by Crippen LogP contribution is 2.42. The molecule has 0 aromatic carbocycles. The van der Waals surface area contributed by atoms with Crippen LogP contribution in [0.3, 0.4) is 0 Å². The summed E-state index contributed by atoms with van der Waals surface area (Å²) in [6.07, 6.45) is 3.71. The number of hydrogen-bond donors (Lipinski definition) is 2. The first-order valence-electron chi connectivity index (χ1n) is 8.10. The molecule has 2 aliphatic heterocycles. The molecule has 4 rings (SSSR count). The van der Waals surface area contributed by atoms with Crippen molar-refractivity contribution in [1.82, 2.24) is 15.2 Å². The Morgan fingerprint density at radius 2 is 2.14 bits per heavy atom. The lowest BCUT2D eigenvalue weighted by atomic mass is 9.70. The number of ether oxygens (including phenoxy) is 1. The summed E-state index contributed by atoms with van der Waals surface area (Å²) in [7, 11) is 0. The number of likely N-dealkylation sites (tertiary alicyclic amines) is 1. The minimum atomic E-state index is -0.251. The smallest absolute Gasteiger partial charge is 0.268 e.